The predicted molar refractivity (Wildman–Crippen MR) is 68.2 cm³/mol. The molecule has 2 aromatic rings. The van der Waals surface area contributed by atoms with E-state index in [0.717, 1.165) is 5.69 Å². The van der Waals surface area contributed by atoms with Crippen LogP contribution in [0.5, 0.6) is 0 Å². The predicted octanol–water partition coefficient (Wildman–Crippen LogP) is 2.38. The van der Waals surface area contributed by atoms with Crippen LogP contribution in [0.4, 0.5) is 11.4 Å². The highest BCUT2D eigenvalue weighted by Crippen LogP contribution is 2.15. The minimum atomic E-state index is -0.150. The van der Waals surface area contributed by atoms with E-state index in [-0.39, 0.29) is 5.91 Å². The van der Waals surface area contributed by atoms with Gasteiger partial charge < -0.3 is 10.6 Å². The standard InChI is InChI=1S/C13H13N3O/c1-14-12-9-15-8-7-11(12)13(17)16-10-5-3-2-4-6-10/h2-9,14H,1H3,(H,16,17). The van der Waals surface area contributed by atoms with Crippen LogP contribution >= 0.6 is 0 Å². The van der Waals surface area contributed by atoms with Gasteiger partial charge in [0, 0.05) is 18.9 Å². The van der Waals surface area contributed by atoms with Crippen LogP contribution in [-0.2, 0) is 0 Å². The summed E-state index contributed by atoms with van der Waals surface area (Å²) in [6.45, 7) is 0. The van der Waals surface area contributed by atoms with Crippen molar-refractivity contribution in [2.75, 3.05) is 17.7 Å². The fraction of sp³-hybridized carbons (Fsp3) is 0.0769. The van der Waals surface area contributed by atoms with Gasteiger partial charge in [-0.25, -0.2) is 0 Å². The third kappa shape index (κ3) is 2.60. The van der Waals surface area contributed by atoms with Gasteiger partial charge in [-0.15, -0.1) is 0 Å². The number of rotatable bonds is 3. The van der Waals surface area contributed by atoms with E-state index < -0.39 is 0 Å². The Morgan fingerprint density at radius 2 is 1.94 bits per heavy atom. The molecular weight excluding hydrogens is 214 g/mol. The molecule has 0 saturated carbocycles. The summed E-state index contributed by atoms with van der Waals surface area (Å²) in [6.07, 6.45) is 3.22. The number of hydrogen-bond acceptors (Lipinski definition) is 3. The summed E-state index contributed by atoms with van der Waals surface area (Å²) < 4.78 is 0. The second kappa shape index (κ2) is 5.12. The third-order valence-electron chi connectivity index (χ3n) is 2.37. The number of pyridine rings is 1. The monoisotopic (exact) mass is 227 g/mol. The van der Waals surface area contributed by atoms with Crippen LogP contribution in [0.25, 0.3) is 0 Å². The largest absolute Gasteiger partial charge is 0.386 e. The molecule has 1 aromatic carbocycles. The number of para-hydroxylation sites is 1. The number of carbonyl (C=O) groups is 1. The van der Waals surface area contributed by atoms with E-state index in [9.17, 15) is 4.79 Å². The van der Waals surface area contributed by atoms with Crippen molar-refractivity contribution < 1.29 is 4.79 Å². The Bertz CT molecular complexity index is 511. The van der Waals surface area contributed by atoms with Crippen LogP contribution in [0.3, 0.4) is 0 Å². The minimum absolute atomic E-state index is 0.150. The van der Waals surface area contributed by atoms with Crippen LogP contribution in [0.15, 0.2) is 48.8 Å². The highest BCUT2D eigenvalue weighted by Gasteiger charge is 2.10. The number of aromatic nitrogens is 1. The van der Waals surface area contributed by atoms with Gasteiger partial charge in [-0.3, -0.25) is 9.78 Å². The molecule has 0 saturated heterocycles. The highest BCUT2D eigenvalue weighted by atomic mass is 16.1. The molecule has 0 atom stereocenters. The second-order valence-electron chi connectivity index (χ2n) is 3.49. The van der Waals surface area contributed by atoms with E-state index in [1.807, 2.05) is 30.3 Å². The van der Waals surface area contributed by atoms with Crippen molar-refractivity contribution in [2.45, 2.75) is 0 Å². The molecule has 4 heteroatoms. The number of nitrogens with zero attached hydrogens (tertiary/aromatic N) is 1. The number of anilines is 2. The summed E-state index contributed by atoms with van der Waals surface area (Å²) in [5, 5.41) is 5.77. The van der Waals surface area contributed by atoms with Gasteiger partial charge in [-0.2, -0.15) is 0 Å². The molecule has 1 heterocycles. The Balaban J connectivity index is 2.20. The fourth-order valence-corrected chi connectivity index (χ4v) is 1.51. The molecule has 0 aliphatic heterocycles. The zero-order valence-corrected chi connectivity index (χ0v) is 9.47. The van der Waals surface area contributed by atoms with Crippen molar-refractivity contribution in [2.24, 2.45) is 0 Å². The van der Waals surface area contributed by atoms with Crippen molar-refractivity contribution in [3.05, 3.63) is 54.4 Å². The third-order valence-corrected chi connectivity index (χ3v) is 2.37. The normalized spacial score (nSPS) is 9.71. The van der Waals surface area contributed by atoms with E-state index in [2.05, 4.69) is 15.6 Å². The molecule has 0 bridgehead atoms. The summed E-state index contributed by atoms with van der Waals surface area (Å²) in [5.41, 5.74) is 2.06. The molecule has 0 unspecified atom stereocenters. The van der Waals surface area contributed by atoms with Gasteiger partial charge in [0.25, 0.3) is 5.91 Å². The molecular formula is C13H13N3O. The molecule has 4 nitrogen and oxygen atoms in total. The van der Waals surface area contributed by atoms with Gasteiger partial charge in [-0.1, -0.05) is 18.2 Å². The Labute approximate surface area is 99.7 Å². The summed E-state index contributed by atoms with van der Waals surface area (Å²) in [6, 6.07) is 11.0. The summed E-state index contributed by atoms with van der Waals surface area (Å²) >= 11 is 0. The lowest BCUT2D eigenvalue weighted by Gasteiger charge is -2.08. The van der Waals surface area contributed by atoms with Crippen LogP contribution in [0.2, 0.25) is 0 Å². The van der Waals surface area contributed by atoms with Crippen LogP contribution in [0.1, 0.15) is 10.4 Å². The molecule has 0 spiro atoms. The number of carbonyl (C=O) groups excluding carboxylic acids is 1. The minimum Gasteiger partial charge on any atom is -0.386 e. The van der Waals surface area contributed by atoms with E-state index in [1.54, 1.807) is 25.5 Å². The first kappa shape index (κ1) is 11.1. The quantitative estimate of drug-likeness (QED) is 0.846. The molecule has 1 aromatic heterocycles. The van der Waals surface area contributed by atoms with Gasteiger partial charge in [0.1, 0.15) is 0 Å². The molecule has 0 aliphatic rings. The zero-order chi connectivity index (χ0) is 12.1. The first-order valence-corrected chi connectivity index (χ1v) is 5.29. The van der Waals surface area contributed by atoms with Gasteiger partial charge in [-0.05, 0) is 18.2 Å². The summed E-state index contributed by atoms with van der Waals surface area (Å²) in [5.74, 6) is -0.150. The van der Waals surface area contributed by atoms with Gasteiger partial charge in [0.05, 0.1) is 17.4 Å². The van der Waals surface area contributed by atoms with Crippen molar-refractivity contribution in [3.63, 3.8) is 0 Å². The fourth-order valence-electron chi connectivity index (χ4n) is 1.51. The topological polar surface area (TPSA) is 54.0 Å². The average molecular weight is 227 g/mol. The first-order chi connectivity index (χ1) is 8.31. The van der Waals surface area contributed by atoms with Crippen molar-refractivity contribution in [1.82, 2.24) is 4.98 Å². The van der Waals surface area contributed by atoms with Gasteiger partial charge in [0.15, 0.2) is 0 Å². The van der Waals surface area contributed by atoms with Crippen molar-refractivity contribution in [1.29, 1.82) is 0 Å². The maximum atomic E-state index is 12.0. The lowest BCUT2D eigenvalue weighted by molar-refractivity contribution is 0.102. The van der Waals surface area contributed by atoms with Crippen molar-refractivity contribution >= 4 is 17.3 Å². The van der Waals surface area contributed by atoms with Crippen LogP contribution in [-0.4, -0.2) is 17.9 Å². The van der Waals surface area contributed by atoms with E-state index in [0.29, 0.717) is 11.3 Å². The second-order valence-corrected chi connectivity index (χ2v) is 3.49. The Kier molecular flexibility index (Phi) is 3.35. The molecule has 2 rings (SSSR count). The maximum absolute atomic E-state index is 12.0. The van der Waals surface area contributed by atoms with Crippen LogP contribution < -0.4 is 10.6 Å². The summed E-state index contributed by atoms with van der Waals surface area (Å²) in [7, 11) is 1.76. The molecule has 2 N–H and O–H groups in total. The number of nitrogens with one attached hydrogen (secondary N) is 2. The lowest BCUT2D eigenvalue weighted by atomic mass is 10.2. The Morgan fingerprint density at radius 1 is 1.18 bits per heavy atom. The average Bonchev–Trinajstić information content (AvgIpc) is 2.40. The molecule has 0 fully saturated rings. The molecule has 1 amide bonds. The number of benzene rings is 1. The van der Waals surface area contributed by atoms with E-state index in [4.69, 9.17) is 0 Å². The molecule has 86 valence electrons. The number of hydrogen-bond donors (Lipinski definition) is 2. The lowest BCUT2D eigenvalue weighted by Crippen LogP contribution is -2.14. The van der Waals surface area contributed by atoms with Crippen LogP contribution in [0, 0.1) is 0 Å². The van der Waals surface area contributed by atoms with E-state index in [1.165, 1.54) is 0 Å². The Hall–Kier alpha value is -2.36. The smallest absolute Gasteiger partial charge is 0.257 e. The maximum Gasteiger partial charge on any atom is 0.257 e. The van der Waals surface area contributed by atoms with Gasteiger partial charge in [0.2, 0.25) is 0 Å². The first-order valence-electron chi connectivity index (χ1n) is 5.29. The summed E-state index contributed by atoms with van der Waals surface area (Å²) in [4.78, 5) is 16.0. The molecule has 0 radical (unpaired) electrons. The van der Waals surface area contributed by atoms with Crippen molar-refractivity contribution in [3.8, 4) is 0 Å². The number of amides is 1. The Morgan fingerprint density at radius 3 is 2.65 bits per heavy atom. The van der Waals surface area contributed by atoms with Gasteiger partial charge >= 0.3 is 0 Å². The molecule has 17 heavy (non-hydrogen) atoms. The highest BCUT2D eigenvalue weighted by molar-refractivity contribution is 6.07. The SMILES string of the molecule is CNc1cnccc1C(=O)Nc1ccccc1. The zero-order valence-electron chi connectivity index (χ0n) is 9.47. The van der Waals surface area contributed by atoms with E-state index >= 15 is 0 Å². The molecule has 0 aliphatic carbocycles.